The van der Waals surface area contributed by atoms with E-state index in [1.807, 2.05) is 18.2 Å². The van der Waals surface area contributed by atoms with Crippen molar-refractivity contribution in [2.75, 3.05) is 5.33 Å². The number of benzene rings is 1. The zero-order valence-electron chi connectivity index (χ0n) is 7.56. The Balaban J connectivity index is 2.82. The van der Waals surface area contributed by atoms with Gasteiger partial charge < -0.3 is 0 Å². The van der Waals surface area contributed by atoms with Crippen molar-refractivity contribution < 1.29 is 0 Å². The van der Waals surface area contributed by atoms with E-state index in [-0.39, 0.29) is 0 Å². The highest BCUT2D eigenvalue weighted by Crippen LogP contribution is 2.18. The van der Waals surface area contributed by atoms with Gasteiger partial charge >= 0.3 is 0 Å². The summed E-state index contributed by atoms with van der Waals surface area (Å²) in [5, 5.41) is 1.80. The van der Waals surface area contributed by atoms with Gasteiger partial charge in [-0.05, 0) is 36.6 Å². The number of hydrogen-bond donors (Lipinski definition) is 0. The van der Waals surface area contributed by atoms with E-state index in [2.05, 4.69) is 35.0 Å². The molecule has 0 aromatic heterocycles. The molecule has 0 nitrogen and oxygen atoms in total. The first kappa shape index (κ1) is 10.8. The first-order chi connectivity index (χ1) is 6.24. The Kier molecular flexibility index (Phi) is 4.54. The maximum Gasteiger partial charge on any atom is 0.0412 e. The maximum absolute atomic E-state index is 5.89. The van der Waals surface area contributed by atoms with Gasteiger partial charge in [0.1, 0.15) is 0 Å². The molecule has 1 aromatic carbocycles. The van der Waals surface area contributed by atoms with Crippen LogP contribution in [0.1, 0.15) is 18.9 Å². The molecular formula is C11H12BrCl. The van der Waals surface area contributed by atoms with Crippen LogP contribution in [0.4, 0.5) is 0 Å². The van der Waals surface area contributed by atoms with Crippen LogP contribution in [0, 0.1) is 0 Å². The number of allylic oxidation sites excluding steroid dienone is 2. The van der Waals surface area contributed by atoms with Crippen molar-refractivity contribution in [1.29, 1.82) is 0 Å². The summed E-state index contributed by atoms with van der Waals surface area (Å²) in [5.41, 5.74) is 2.48. The summed E-state index contributed by atoms with van der Waals surface area (Å²) in [6, 6.07) is 7.93. The Morgan fingerprint density at radius 1 is 1.54 bits per heavy atom. The number of halogens is 2. The van der Waals surface area contributed by atoms with Gasteiger partial charge in [-0.3, -0.25) is 0 Å². The highest BCUT2D eigenvalue weighted by molar-refractivity contribution is 9.09. The van der Waals surface area contributed by atoms with E-state index >= 15 is 0 Å². The van der Waals surface area contributed by atoms with Gasteiger partial charge in [-0.15, -0.1) is 0 Å². The molecule has 0 atom stereocenters. The molecule has 0 radical (unpaired) electrons. The summed E-state index contributed by atoms with van der Waals surface area (Å²) < 4.78 is 0. The first-order valence-electron chi connectivity index (χ1n) is 4.22. The van der Waals surface area contributed by atoms with Gasteiger partial charge in [0, 0.05) is 10.4 Å². The molecule has 0 aliphatic heterocycles. The molecule has 0 saturated carbocycles. The average molecular weight is 260 g/mol. The molecule has 0 N–H and O–H groups in total. The maximum atomic E-state index is 5.89. The Morgan fingerprint density at radius 2 is 2.31 bits per heavy atom. The largest absolute Gasteiger partial charge is 0.0925 e. The van der Waals surface area contributed by atoms with E-state index in [1.165, 1.54) is 11.1 Å². The minimum absolute atomic E-state index is 0.795. The highest BCUT2D eigenvalue weighted by Gasteiger charge is 1.95. The van der Waals surface area contributed by atoms with Gasteiger partial charge in [0.2, 0.25) is 0 Å². The molecule has 1 aromatic rings. The molecule has 0 heterocycles. The van der Waals surface area contributed by atoms with Gasteiger partial charge in [0.15, 0.2) is 0 Å². The van der Waals surface area contributed by atoms with Gasteiger partial charge in [-0.2, -0.15) is 0 Å². The lowest BCUT2D eigenvalue weighted by Gasteiger charge is -2.01. The molecule has 0 aliphatic rings. The van der Waals surface area contributed by atoms with Crippen LogP contribution in [-0.2, 0) is 0 Å². The second-order valence-corrected chi connectivity index (χ2v) is 4.10. The van der Waals surface area contributed by atoms with Crippen LogP contribution in [0.3, 0.4) is 0 Å². The highest BCUT2D eigenvalue weighted by atomic mass is 79.9. The Hall–Kier alpha value is -0.270. The Morgan fingerprint density at radius 3 is 2.92 bits per heavy atom. The zero-order valence-corrected chi connectivity index (χ0v) is 9.90. The van der Waals surface area contributed by atoms with Crippen LogP contribution >= 0.6 is 27.5 Å². The molecule has 2 heteroatoms. The first-order valence-corrected chi connectivity index (χ1v) is 5.72. The second-order valence-electron chi connectivity index (χ2n) is 2.88. The van der Waals surface area contributed by atoms with Crippen LogP contribution < -0.4 is 0 Å². The van der Waals surface area contributed by atoms with Gasteiger partial charge in [-0.25, -0.2) is 0 Å². The van der Waals surface area contributed by atoms with Gasteiger partial charge in [0.25, 0.3) is 0 Å². The molecule has 0 unspecified atom stereocenters. The minimum Gasteiger partial charge on any atom is -0.0925 e. The molecule has 0 saturated heterocycles. The predicted molar refractivity (Wildman–Crippen MR) is 63.5 cm³/mol. The molecule has 0 fully saturated rings. The van der Waals surface area contributed by atoms with Crippen molar-refractivity contribution in [1.82, 2.24) is 0 Å². The number of alkyl halides is 1. The normalized spacial score (nSPS) is 11.8. The fourth-order valence-corrected chi connectivity index (χ4v) is 1.54. The zero-order chi connectivity index (χ0) is 9.68. The number of rotatable bonds is 3. The van der Waals surface area contributed by atoms with Crippen LogP contribution in [0.2, 0.25) is 5.02 Å². The molecule has 1 rings (SSSR count). The fraction of sp³-hybridized carbons (Fsp3) is 0.273. The van der Waals surface area contributed by atoms with Crippen LogP contribution in [-0.4, -0.2) is 5.33 Å². The standard InChI is InChI=1S/C11H12BrCl/c1-9(4-3-7-12)10-5-2-6-11(13)8-10/h2,4-6,8H,3,7H2,1H3/b9-4+. The summed E-state index contributed by atoms with van der Waals surface area (Å²) in [6.07, 6.45) is 3.26. The predicted octanol–water partition coefficient (Wildman–Crippen LogP) is 4.53. The van der Waals surface area contributed by atoms with Gasteiger partial charge in [-0.1, -0.05) is 45.7 Å². The summed E-state index contributed by atoms with van der Waals surface area (Å²) in [4.78, 5) is 0. The summed E-state index contributed by atoms with van der Waals surface area (Å²) in [5.74, 6) is 0. The van der Waals surface area contributed by atoms with Crippen molar-refractivity contribution in [2.45, 2.75) is 13.3 Å². The van der Waals surface area contributed by atoms with Crippen LogP contribution in [0.25, 0.3) is 5.57 Å². The molecule has 0 bridgehead atoms. The lowest BCUT2D eigenvalue weighted by atomic mass is 10.1. The Bertz CT molecular complexity index is 305. The smallest absolute Gasteiger partial charge is 0.0412 e. The van der Waals surface area contributed by atoms with Crippen molar-refractivity contribution in [3.8, 4) is 0 Å². The molecule has 0 aliphatic carbocycles. The second kappa shape index (κ2) is 5.46. The van der Waals surface area contributed by atoms with E-state index in [0.717, 1.165) is 16.8 Å². The summed E-state index contributed by atoms with van der Waals surface area (Å²) in [7, 11) is 0. The average Bonchev–Trinajstić information content (AvgIpc) is 2.14. The topological polar surface area (TPSA) is 0 Å². The summed E-state index contributed by atoms with van der Waals surface area (Å²) in [6.45, 7) is 2.11. The monoisotopic (exact) mass is 258 g/mol. The van der Waals surface area contributed by atoms with Gasteiger partial charge in [0.05, 0.1) is 0 Å². The van der Waals surface area contributed by atoms with E-state index in [9.17, 15) is 0 Å². The molecule has 0 amide bonds. The van der Waals surface area contributed by atoms with Crippen molar-refractivity contribution in [3.05, 3.63) is 40.9 Å². The van der Waals surface area contributed by atoms with Crippen LogP contribution in [0.15, 0.2) is 30.3 Å². The molecule has 13 heavy (non-hydrogen) atoms. The lowest BCUT2D eigenvalue weighted by Crippen LogP contribution is -1.79. The molecule has 0 spiro atoms. The molecule has 70 valence electrons. The SMILES string of the molecule is C/C(=C\CCBr)c1cccc(Cl)c1. The van der Waals surface area contributed by atoms with E-state index in [4.69, 9.17) is 11.6 Å². The third-order valence-electron chi connectivity index (χ3n) is 1.84. The van der Waals surface area contributed by atoms with E-state index in [1.54, 1.807) is 0 Å². The third kappa shape index (κ3) is 3.53. The van der Waals surface area contributed by atoms with E-state index in [0.29, 0.717) is 0 Å². The fourth-order valence-electron chi connectivity index (χ4n) is 1.12. The molecular weight excluding hydrogens is 247 g/mol. The van der Waals surface area contributed by atoms with Crippen molar-refractivity contribution >= 4 is 33.1 Å². The van der Waals surface area contributed by atoms with Crippen LogP contribution in [0.5, 0.6) is 0 Å². The Labute approximate surface area is 92.7 Å². The third-order valence-corrected chi connectivity index (χ3v) is 2.53. The van der Waals surface area contributed by atoms with Crippen molar-refractivity contribution in [2.24, 2.45) is 0 Å². The minimum atomic E-state index is 0.795. The lowest BCUT2D eigenvalue weighted by molar-refractivity contribution is 1.26. The summed E-state index contributed by atoms with van der Waals surface area (Å²) >= 11 is 9.28. The number of hydrogen-bond acceptors (Lipinski definition) is 0. The van der Waals surface area contributed by atoms with E-state index < -0.39 is 0 Å². The quantitative estimate of drug-likeness (QED) is 0.700. The van der Waals surface area contributed by atoms with Crippen molar-refractivity contribution in [3.63, 3.8) is 0 Å².